The first kappa shape index (κ1) is 18.3. The van der Waals surface area contributed by atoms with Crippen molar-refractivity contribution in [2.24, 2.45) is 0 Å². The molecule has 2 amide bonds. The molecular formula is C18H14ClNO5S. The first-order valence-corrected chi connectivity index (χ1v) is 8.96. The van der Waals surface area contributed by atoms with Crippen molar-refractivity contribution >= 4 is 46.6 Å². The molecule has 1 aliphatic rings. The van der Waals surface area contributed by atoms with Crippen LogP contribution in [-0.2, 0) is 9.59 Å². The molecule has 0 bridgehead atoms. The number of carboxylic acid groups (broad SMARTS) is 1. The Balaban J connectivity index is 1.73. The van der Waals surface area contributed by atoms with Gasteiger partial charge < -0.3 is 9.52 Å². The molecule has 0 radical (unpaired) electrons. The highest BCUT2D eigenvalue weighted by Gasteiger charge is 2.34. The number of thioether (sulfide) groups is 1. The Bertz CT molecular complexity index is 904. The minimum Gasteiger partial charge on any atom is -0.481 e. The average Bonchev–Trinajstić information content (AvgIpc) is 3.15. The second kappa shape index (κ2) is 7.80. The summed E-state index contributed by atoms with van der Waals surface area (Å²) in [5, 5.41) is 8.83. The molecule has 0 saturated carbocycles. The van der Waals surface area contributed by atoms with Crippen LogP contribution in [0.1, 0.15) is 18.6 Å². The minimum absolute atomic E-state index is 0.0836. The van der Waals surface area contributed by atoms with E-state index in [4.69, 9.17) is 21.1 Å². The lowest BCUT2D eigenvalue weighted by atomic mass is 10.2. The van der Waals surface area contributed by atoms with E-state index < -0.39 is 17.1 Å². The number of carbonyl (C=O) groups is 3. The van der Waals surface area contributed by atoms with E-state index in [2.05, 4.69) is 0 Å². The van der Waals surface area contributed by atoms with Gasteiger partial charge >= 0.3 is 5.97 Å². The van der Waals surface area contributed by atoms with Gasteiger partial charge in [0.25, 0.3) is 11.1 Å². The van der Waals surface area contributed by atoms with Crippen molar-refractivity contribution in [1.29, 1.82) is 0 Å². The van der Waals surface area contributed by atoms with Crippen molar-refractivity contribution in [1.82, 2.24) is 4.90 Å². The zero-order chi connectivity index (χ0) is 18.7. The van der Waals surface area contributed by atoms with E-state index in [0.29, 0.717) is 16.5 Å². The lowest BCUT2D eigenvalue weighted by Gasteiger charge is -2.10. The fourth-order valence-corrected chi connectivity index (χ4v) is 3.47. The van der Waals surface area contributed by atoms with Gasteiger partial charge in [0.05, 0.1) is 4.91 Å². The van der Waals surface area contributed by atoms with E-state index in [1.165, 1.54) is 6.08 Å². The lowest BCUT2D eigenvalue weighted by molar-refractivity contribution is -0.137. The highest BCUT2D eigenvalue weighted by atomic mass is 35.5. The molecule has 3 rings (SSSR count). The van der Waals surface area contributed by atoms with Gasteiger partial charge in [0, 0.05) is 29.6 Å². The lowest BCUT2D eigenvalue weighted by Crippen LogP contribution is -2.29. The van der Waals surface area contributed by atoms with Gasteiger partial charge in [-0.1, -0.05) is 23.7 Å². The van der Waals surface area contributed by atoms with Gasteiger partial charge in [-0.2, -0.15) is 0 Å². The van der Waals surface area contributed by atoms with E-state index in [-0.39, 0.29) is 24.3 Å². The molecule has 0 spiro atoms. The normalized spacial score (nSPS) is 15.9. The number of hydrogen-bond donors (Lipinski definition) is 1. The molecule has 2 aromatic rings. The molecule has 1 aromatic heterocycles. The molecule has 0 atom stereocenters. The second-order valence-corrected chi connectivity index (χ2v) is 6.97. The Kier molecular flexibility index (Phi) is 5.49. The van der Waals surface area contributed by atoms with Crippen molar-refractivity contribution in [2.75, 3.05) is 6.54 Å². The van der Waals surface area contributed by atoms with Crippen molar-refractivity contribution in [3.8, 4) is 11.3 Å². The predicted molar refractivity (Wildman–Crippen MR) is 98.7 cm³/mol. The number of furan rings is 1. The number of amides is 2. The maximum Gasteiger partial charge on any atom is 0.303 e. The van der Waals surface area contributed by atoms with Crippen LogP contribution in [0.3, 0.4) is 0 Å². The van der Waals surface area contributed by atoms with Crippen LogP contribution in [0, 0.1) is 0 Å². The summed E-state index contributed by atoms with van der Waals surface area (Å²) in [5.41, 5.74) is 0.805. The molecule has 0 aliphatic carbocycles. The van der Waals surface area contributed by atoms with E-state index >= 15 is 0 Å². The largest absolute Gasteiger partial charge is 0.481 e. The maximum atomic E-state index is 12.3. The maximum absolute atomic E-state index is 12.3. The summed E-state index contributed by atoms with van der Waals surface area (Å²) in [6.45, 7) is 0.0836. The van der Waals surface area contributed by atoms with Crippen LogP contribution in [0.25, 0.3) is 17.4 Å². The number of nitrogens with zero attached hydrogens (tertiary/aromatic N) is 1. The van der Waals surface area contributed by atoms with Crippen LogP contribution in [0.4, 0.5) is 4.79 Å². The summed E-state index contributed by atoms with van der Waals surface area (Å²) in [6, 6.07) is 10.6. The molecule has 6 nitrogen and oxygen atoms in total. The Labute approximate surface area is 158 Å². The number of halogens is 1. The van der Waals surface area contributed by atoms with Gasteiger partial charge in [0.1, 0.15) is 11.5 Å². The summed E-state index contributed by atoms with van der Waals surface area (Å²) < 4.78 is 5.71. The summed E-state index contributed by atoms with van der Waals surface area (Å²) >= 11 is 6.78. The van der Waals surface area contributed by atoms with Crippen LogP contribution in [0.2, 0.25) is 5.02 Å². The molecule has 0 unspecified atom stereocenters. The number of benzene rings is 1. The number of carbonyl (C=O) groups excluding carboxylic acids is 2. The highest BCUT2D eigenvalue weighted by Crippen LogP contribution is 2.33. The number of imide groups is 1. The summed E-state index contributed by atoms with van der Waals surface area (Å²) in [4.78, 5) is 36.1. The van der Waals surface area contributed by atoms with Crippen LogP contribution in [-0.4, -0.2) is 33.7 Å². The molecule has 8 heteroatoms. The van der Waals surface area contributed by atoms with Gasteiger partial charge in [0.2, 0.25) is 0 Å². The van der Waals surface area contributed by atoms with Gasteiger partial charge in [-0.05, 0) is 42.4 Å². The number of rotatable bonds is 6. The zero-order valence-electron chi connectivity index (χ0n) is 13.5. The van der Waals surface area contributed by atoms with Crippen LogP contribution < -0.4 is 0 Å². The minimum atomic E-state index is -0.961. The molecule has 1 fully saturated rings. The Morgan fingerprint density at radius 2 is 2.08 bits per heavy atom. The second-order valence-electron chi connectivity index (χ2n) is 5.54. The summed E-state index contributed by atoms with van der Waals surface area (Å²) in [7, 11) is 0. The number of carboxylic acids is 1. The van der Waals surface area contributed by atoms with Gasteiger partial charge in [-0.15, -0.1) is 0 Å². The summed E-state index contributed by atoms with van der Waals surface area (Å²) in [5.74, 6) is -0.363. The molecule has 1 aromatic carbocycles. The van der Waals surface area contributed by atoms with E-state index in [1.54, 1.807) is 24.3 Å². The Morgan fingerprint density at radius 3 is 2.81 bits per heavy atom. The highest BCUT2D eigenvalue weighted by molar-refractivity contribution is 8.18. The third kappa shape index (κ3) is 4.17. The molecule has 1 N–H and O–H groups in total. The molecular weight excluding hydrogens is 378 g/mol. The Hall–Kier alpha value is -2.51. The standard InChI is InChI=1S/C18H14ClNO5S/c19-12-4-1-3-11(9-12)14-7-6-13(25-14)10-15-17(23)20(18(24)26-15)8-2-5-16(21)22/h1,3-4,6-7,9-10H,2,5,8H2,(H,21,22). The van der Waals surface area contributed by atoms with Crippen LogP contribution >= 0.6 is 23.4 Å². The van der Waals surface area contributed by atoms with Crippen molar-refractivity contribution in [3.63, 3.8) is 0 Å². The molecule has 1 saturated heterocycles. The monoisotopic (exact) mass is 391 g/mol. The smallest absolute Gasteiger partial charge is 0.303 e. The molecule has 1 aliphatic heterocycles. The topological polar surface area (TPSA) is 87.8 Å². The average molecular weight is 392 g/mol. The van der Waals surface area contributed by atoms with Gasteiger partial charge in [-0.3, -0.25) is 19.3 Å². The van der Waals surface area contributed by atoms with Crippen LogP contribution in [0.5, 0.6) is 0 Å². The van der Waals surface area contributed by atoms with Crippen molar-refractivity contribution in [2.45, 2.75) is 12.8 Å². The fourth-order valence-electron chi connectivity index (χ4n) is 2.44. The first-order valence-electron chi connectivity index (χ1n) is 7.77. The first-order chi connectivity index (χ1) is 12.4. The van der Waals surface area contributed by atoms with Gasteiger partial charge in [-0.25, -0.2) is 0 Å². The Morgan fingerprint density at radius 1 is 1.27 bits per heavy atom. The third-order valence-corrected chi connectivity index (χ3v) is 4.80. The van der Waals surface area contributed by atoms with E-state index in [1.807, 2.05) is 12.1 Å². The molecule has 134 valence electrons. The van der Waals surface area contributed by atoms with Crippen molar-refractivity contribution < 1.29 is 23.9 Å². The molecule has 26 heavy (non-hydrogen) atoms. The molecule has 2 heterocycles. The SMILES string of the molecule is O=C(O)CCCN1C(=O)SC(=Cc2ccc(-c3cccc(Cl)c3)o2)C1=O. The van der Waals surface area contributed by atoms with Crippen molar-refractivity contribution in [3.05, 3.63) is 52.1 Å². The summed E-state index contributed by atoms with van der Waals surface area (Å²) in [6.07, 6.45) is 1.64. The predicted octanol–water partition coefficient (Wildman–Crippen LogP) is 4.50. The van der Waals surface area contributed by atoms with E-state index in [0.717, 1.165) is 22.2 Å². The third-order valence-electron chi connectivity index (χ3n) is 3.66. The number of hydrogen-bond acceptors (Lipinski definition) is 5. The van der Waals surface area contributed by atoms with Crippen LogP contribution in [0.15, 0.2) is 45.7 Å². The zero-order valence-corrected chi connectivity index (χ0v) is 15.0. The fraction of sp³-hybridized carbons (Fsp3) is 0.167. The van der Waals surface area contributed by atoms with E-state index in [9.17, 15) is 14.4 Å². The van der Waals surface area contributed by atoms with Gasteiger partial charge in [0.15, 0.2) is 0 Å². The number of aliphatic carboxylic acids is 1. The quantitative estimate of drug-likeness (QED) is 0.729.